The van der Waals surface area contributed by atoms with Crippen LogP contribution in [0, 0.1) is 0 Å². The molecule has 2 aromatic carbocycles. The van der Waals surface area contributed by atoms with Crippen molar-refractivity contribution in [2.45, 2.75) is 6.10 Å². The largest absolute Gasteiger partial charge is 0.497 e. The van der Waals surface area contributed by atoms with Crippen LogP contribution in [0.2, 0.25) is 0 Å². The molecule has 118 valence electrons. The fraction of sp³-hybridized carbons (Fsp3) is 0.211. The zero-order chi connectivity index (χ0) is 16.4. The smallest absolute Gasteiger partial charge is 0.198 e. The van der Waals surface area contributed by atoms with E-state index in [1.807, 2.05) is 55.5 Å². The summed E-state index contributed by atoms with van der Waals surface area (Å²) in [5.74, 6) is 1.21. The van der Waals surface area contributed by atoms with E-state index in [1.165, 1.54) is 0 Å². The van der Waals surface area contributed by atoms with Gasteiger partial charge in [-0.25, -0.2) is 0 Å². The van der Waals surface area contributed by atoms with E-state index >= 15 is 0 Å². The predicted molar refractivity (Wildman–Crippen MR) is 88.9 cm³/mol. The highest BCUT2D eigenvalue weighted by Gasteiger charge is 2.33. The number of ketones is 1. The van der Waals surface area contributed by atoms with E-state index in [2.05, 4.69) is 0 Å². The molecule has 0 bridgehead atoms. The van der Waals surface area contributed by atoms with Gasteiger partial charge in [0.1, 0.15) is 11.5 Å². The highest BCUT2D eigenvalue weighted by molar-refractivity contribution is 6.12. The van der Waals surface area contributed by atoms with Crippen molar-refractivity contribution in [1.29, 1.82) is 0 Å². The van der Waals surface area contributed by atoms with Crippen LogP contribution in [0.15, 0.2) is 60.3 Å². The van der Waals surface area contributed by atoms with Gasteiger partial charge in [-0.05, 0) is 17.7 Å². The molecule has 0 fully saturated rings. The van der Waals surface area contributed by atoms with E-state index in [0.29, 0.717) is 22.6 Å². The number of hydrogen-bond acceptors (Lipinski definition) is 4. The summed E-state index contributed by atoms with van der Waals surface area (Å²) in [7, 11) is 5.39. The number of carbonyl (C=O) groups excluding carboxylic acids is 1. The molecule has 4 nitrogen and oxygen atoms in total. The molecular weight excluding hydrogens is 290 g/mol. The second-order valence-corrected chi connectivity index (χ2v) is 5.65. The highest BCUT2D eigenvalue weighted by atomic mass is 16.5. The molecule has 3 rings (SSSR count). The van der Waals surface area contributed by atoms with Crippen molar-refractivity contribution in [1.82, 2.24) is 4.90 Å². The molecule has 0 aliphatic carbocycles. The summed E-state index contributed by atoms with van der Waals surface area (Å²) in [6, 6.07) is 15.0. The van der Waals surface area contributed by atoms with Gasteiger partial charge < -0.3 is 14.4 Å². The number of benzene rings is 2. The molecule has 1 atom stereocenters. The van der Waals surface area contributed by atoms with Crippen LogP contribution in [0.25, 0.3) is 0 Å². The third-order valence-corrected chi connectivity index (χ3v) is 3.72. The molecule has 4 heteroatoms. The first-order valence-corrected chi connectivity index (χ1v) is 7.42. The normalized spacial score (nSPS) is 18.3. The van der Waals surface area contributed by atoms with Gasteiger partial charge in [-0.1, -0.05) is 30.3 Å². The summed E-state index contributed by atoms with van der Waals surface area (Å²) in [5.41, 5.74) is 2.13. The van der Waals surface area contributed by atoms with Gasteiger partial charge in [-0.15, -0.1) is 0 Å². The summed E-state index contributed by atoms with van der Waals surface area (Å²) in [5, 5.41) is 0. The van der Waals surface area contributed by atoms with E-state index in [0.717, 1.165) is 5.56 Å². The third kappa shape index (κ3) is 2.93. The maximum Gasteiger partial charge on any atom is 0.198 e. The second kappa shape index (κ2) is 6.16. The molecule has 1 unspecified atom stereocenters. The van der Waals surface area contributed by atoms with Crippen molar-refractivity contribution in [3.8, 4) is 11.5 Å². The van der Waals surface area contributed by atoms with Gasteiger partial charge in [0.2, 0.25) is 0 Å². The Bertz CT molecular complexity index is 750. The van der Waals surface area contributed by atoms with Gasteiger partial charge >= 0.3 is 0 Å². The van der Waals surface area contributed by atoms with Crippen LogP contribution in [-0.2, 0) is 0 Å². The first-order valence-electron chi connectivity index (χ1n) is 7.42. The van der Waals surface area contributed by atoms with Crippen molar-refractivity contribution in [2.75, 3.05) is 21.2 Å². The lowest BCUT2D eigenvalue weighted by atomic mass is 9.91. The molecule has 0 saturated carbocycles. The van der Waals surface area contributed by atoms with Crippen LogP contribution in [0.5, 0.6) is 11.5 Å². The molecule has 23 heavy (non-hydrogen) atoms. The number of Topliss-reactive ketones (excluding diaryl/α,β-unsaturated/α-hetero) is 1. The molecule has 0 amide bonds. The van der Waals surface area contributed by atoms with Crippen LogP contribution in [0.3, 0.4) is 0 Å². The van der Waals surface area contributed by atoms with Gasteiger partial charge in [-0.2, -0.15) is 0 Å². The van der Waals surface area contributed by atoms with E-state index < -0.39 is 6.10 Å². The third-order valence-electron chi connectivity index (χ3n) is 3.72. The SMILES string of the molecule is COc1ccc2c(c1)OC(c1ccccc1)C(=CN(C)C)C2=O. The zero-order valence-corrected chi connectivity index (χ0v) is 13.4. The summed E-state index contributed by atoms with van der Waals surface area (Å²) in [6.07, 6.45) is 1.40. The molecule has 0 N–H and O–H groups in total. The topological polar surface area (TPSA) is 38.8 Å². The maximum absolute atomic E-state index is 12.9. The minimum absolute atomic E-state index is 0.0172. The molecule has 1 aliphatic rings. The van der Waals surface area contributed by atoms with Crippen molar-refractivity contribution in [3.05, 3.63) is 71.4 Å². The molecule has 0 radical (unpaired) electrons. The molecule has 1 heterocycles. The van der Waals surface area contributed by atoms with Crippen LogP contribution in [0.1, 0.15) is 22.0 Å². The highest BCUT2D eigenvalue weighted by Crippen LogP contribution is 2.40. The van der Waals surface area contributed by atoms with Crippen LogP contribution >= 0.6 is 0 Å². The number of hydrogen-bond donors (Lipinski definition) is 0. The Balaban J connectivity index is 2.12. The Hall–Kier alpha value is -2.75. The molecular formula is C19H19NO3. The Kier molecular flexibility index (Phi) is 4.06. The van der Waals surface area contributed by atoms with E-state index in [9.17, 15) is 4.79 Å². The van der Waals surface area contributed by atoms with Crippen molar-refractivity contribution >= 4 is 5.78 Å². The molecule has 1 aliphatic heterocycles. The number of carbonyl (C=O) groups is 1. The summed E-state index contributed by atoms with van der Waals surface area (Å²) in [6.45, 7) is 0. The summed E-state index contributed by atoms with van der Waals surface area (Å²) >= 11 is 0. The fourth-order valence-corrected chi connectivity index (χ4v) is 2.66. The lowest BCUT2D eigenvalue weighted by Crippen LogP contribution is -2.25. The molecule has 0 saturated heterocycles. The van der Waals surface area contributed by atoms with Crippen LogP contribution in [-0.4, -0.2) is 31.9 Å². The minimum Gasteiger partial charge on any atom is -0.497 e. The van der Waals surface area contributed by atoms with Crippen molar-refractivity contribution in [3.63, 3.8) is 0 Å². The van der Waals surface area contributed by atoms with Crippen molar-refractivity contribution in [2.24, 2.45) is 0 Å². The Morgan fingerprint density at radius 1 is 1.13 bits per heavy atom. The fourth-order valence-electron chi connectivity index (χ4n) is 2.66. The Labute approximate surface area is 135 Å². The minimum atomic E-state index is -0.425. The van der Waals surface area contributed by atoms with Gasteiger partial charge in [0.15, 0.2) is 11.9 Å². The van der Waals surface area contributed by atoms with Gasteiger partial charge in [0.05, 0.1) is 18.2 Å². The Morgan fingerprint density at radius 2 is 1.87 bits per heavy atom. The number of fused-ring (bicyclic) bond motifs is 1. The van der Waals surface area contributed by atoms with E-state index in [4.69, 9.17) is 9.47 Å². The van der Waals surface area contributed by atoms with Crippen molar-refractivity contribution < 1.29 is 14.3 Å². The summed E-state index contributed by atoms with van der Waals surface area (Å²) in [4.78, 5) is 14.8. The number of nitrogens with zero attached hydrogens (tertiary/aromatic N) is 1. The monoisotopic (exact) mass is 309 g/mol. The average Bonchev–Trinajstić information content (AvgIpc) is 2.57. The van der Waals surface area contributed by atoms with Crippen LogP contribution < -0.4 is 9.47 Å². The molecule has 0 aromatic heterocycles. The average molecular weight is 309 g/mol. The van der Waals surface area contributed by atoms with Gasteiger partial charge in [-0.3, -0.25) is 4.79 Å². The van der Waals surface area contributed by atoms with E-state index in [-0.39, 0.29) is 5.78 Å². The number of rotatable bonds is 3. The molecule has 0 spiro atoms. The number of ether oxygens (including phenoxy) is 2. The van der Waals surface area contributed by atoms with Crippen LogP contribution in [0.4, 0.5) is 0 Å². The predicted octanol–water partition coefficient (Wildman–Crippen LogP) is 3.46. The van der Waals surface area contributed by atoms with Gasteiger partial charge in [0.25, 0.3) is 0 Å². The lowest BCUT2D eigenvalue weighted by molar-refractivity contribution is 0.0957. The first-order chi connectivity index (χ1) is 11.1. The number of methoxy groups -OCH3 is 1. The quantitative estimate of drug-likeness (QED) is 0.814. The Morgan fingerprint density at radius 3 is 2.52 bits per heavy atom. The van der Waals surface area contributed by atoms with Gasteiger partial charge in [0, 0.05) is 26.4 Å². The maximum atomic E-state index is 12.9. The zero-order valence-electron chi connectivity index (χ0n) is 13.4. The summed E-state index contributed by atoms with van der Waals surface area (Å²) < 4.78 is 11.4. The standard InChI is InChI=1S/C19H19NO3/c1-20(2)12-16-18(21)15-10-9-14(22-3)11-17(15)23-19(16)13-7-5-4-6-8-13/h4-12,19H,1-3H3. The second-order valence-electron chi connectivity index (χ2n) is 5.65. The lowest BCUT2D eigenvalue weighted by Gasteiger charge is -2.29. The van der Waals surface area contributed by atoms with E-state index in [1.54, 1.807) is 25.3 Å². The first kappa shape index (κ1) is 15.2. The molecule has 2 aromatic rings.